The minimum Gasteiger partial charge on any atom is -0.387 e. The fourth-order valence-corrected chi connectivity index (χ4v) is 3.43. The maximum atomic E-state index is 12.5. The number of ether oxygens (including phenoxy) is 2. The summed E-state index contributed by atoms with van der Waals surface area (Å²) < 4.78 is 10.8. The van der Waals surface area contributed by atoms with Crippen molar-refractivity contribution in [1.82, 2.24) is 10.6 Å². The first-order chi connectivity index (χ1) is 15.0. The highest BCUT2D eigenvalue weighted by molar-refractivity contribution is 5.89. The van der Waals surface area contributed by atoms with E-state index in [-0.39, 0.29) is 11.5 Å². The fourth-order valence-electron chi connectivity index (χ4n) is 3.43. The topological polar surface area (TPSA) is 137 Å². The van der Waals surface area contributed by atoms with Gasteiger partial charge in [0, 0.05) is 13.7 Å². The van der Waals surface area contributed by atoms with E-state index in [0.29, 0.717) is 13.2 Å². The van der Waals surface area contributed by atoms with Gasteiger partial charge in [-0.3, -0.25) is 9.59 Å². The van der Waals surface area contributed by atoms with Gasteiger partial charge in [0.05, 0.1) is 12.7 Å². The molecule has 1 aliphatic carbocycles. The number of hydrogen-bond donors (Lipinski definition) is 5. The molecule has 0 aromatic rings. The van der Waals surface area contributed by atoms with Crippen LogP contribution in [0.1, 0.15) is 59.8 Å². The zero-order valence-electron chi connectivity index (χ0n) is 20.0. The van der Waals surface area contributed by atoms with Gasteiger partial charge < -0.3 is 35.4 Å². The molecule has 186 valence electrons. The molecular formula is C23H42N2O7. The largest absolute Gasteiger partial charge is 0.387 e. The summed E-state index contributed by atoms with van der Waals surface area (Å²) in [5.74, 6) is -1.17. The van der Waals surface area contributed by atoms with Gasteiger partial charge >= 0.3 is 0 Å². The molecule has 0 aliphatic heterocycles. The quantitative estimate of drug-likeness (QED) is 0.214. The van der Waals surface area contributed by atoms with E-state index in [9.17, 15) is 24.9 Å². The molecule has 9 nitrogen and oxygen atoms in total. The fraction of sp³-hybridized carbons (Fsp3) is 0.826. The van der Waals surface area contributed by atoms with Crippen molar-refractivity contribution in [2.75, 3.05) is 20.3 Å². The van der Waals surface area contributed by atoms with Crippen molar-refractivity contribution in [1.29, 1.82) is 0 Å². The Labute approximate surface area is 191 Å². The summed E-state index contributed by atoms with van der Waals surface area (Å²) in [5.41, 5.74) is -0.228. The van der Waals surface area contributed by atoms with Crippen LogP contribution in [0.3, 0.4) is 0 Å². The number of carbonyl (C=O) groups excluding carboxylic acids is 2. The number of aliphatic hydroxyl groups is 3. The summed E-state index contributed by atoms with van der Waals surface area (Å²) in [6.07, 6.45) is 2.80. The Balaban J connectivity index is 2.48. The van der Waals surface area contributed by atoms with Crippen LogP contribution in [-0.2, 0) is 19.1 Å². The first-order valence-electron chi connectivity index (χ1n) is 11.4. The van der Waals surface area contributed by atoms with Gasteiger partial charge in [-0.05, 0) is 25.2 Å². The lowest BCUT2D eigenvalue weighted by Gasteiger charge is -2.28. The lowest BCUT2D eigenvalue weighted by molar-refractivity contribution is -0.150. The molecule has 0 bridgehead atoms. The molecule has 0 unspecified atom stereocenters. The number of hydrogen-bond acceptors (Lipinski definition) is 7. The molecule has 1 rings (SSSR count). The normalized spacial score (nSPS) is 20.4. The van der Waals surface area contributed by atoms with Crippen LogP contribution >= 0.6 is 0 Å². The van der Waals surface area contributed by atoms with Crippen LogP contribution < -0.4 is 10.6 Å². The Bertz CT molecular complexity index is 600. The van der Waals surface area contributed by atoms with E-state index in [1.807, 2.05) is 20.8 Å². The zero-order chi connectivity index (χ0) is 24.3. The van der Waals surface area contributed by atoms with Crippen LogP contribution in [0.15, 0.2) is 12.2 Å². The number of carbonyl (C=O) groups is 2. The third-order valence-electron chi connectivity index (χ3n) is 5.37. The van der Waals surface area contributed by atoms with Gasteiger partial charge in [-0.25, -0.2) is 0 Å². The molecule has 0 spiro atoms. The Morgan fingerprint density at radius 1 is 1.06 bits per heavy atom. The van der Waals surface area contributed by atoms with Crippen LogP contribution in [0.2, 0.25) is 0 Å². The number of rotatable bonds is 12. The van der Waals surface area contributed by atoms with Crippen LogP contribution in [0.25, 0.3) is 0 Å². The third-order valence-corrected chi connectivity index (χ3v) is 5.37. The maximum absolute atomic E-state index is 12.5. The molecule has 0 saturated heterocycles. The van der Waals surface area contributed by atoms with Crippen molar-refractivity contribution < 1.29 is 34.4 Å². The van der Waals surface area contributed by atoms with E-state index in [1.165, 1.54) is 39.4 Å². The summed E-state index contributed by atoms with van der Waals surface area (Å²) in [4.78, 5) is 24.7. The summed E-state index contributed by atoms with van der Waals surface area (Å²) >= 11 is 0. The average molecular weight is 459 g/mol. The van der Waals surface area contributed by atoms with E-state index in [2.05, 4.69) is 10.6 Å². The molecule has 9 heteroatoms. The highest BCUT2D eigenvalue weighted by Crippen LogP contribution is 2.20. The summed E-state index contributed by atoms with van der Waals surface area (Å²) in [7, 11) is 1.20. The van der Waals surface area contributed by atoms with E-state index in [4.69, 9.17) is 9.47 Å². The molecule has 0 aromatic heterocycles. The number of nitrogens with one attached hydrogen (secondary N) is 2. The Morgan fingerprint density at radius 3 is 2.25 bits per heavy atom. The number of amides is 2. The van der Waals surface area contributed by atoms with Gasteiger partial charge in [0.2, 0.25) is 5.91 Å². The van der Waals surface area contributed by atoms with E-state index < -0.39 is 42.3 Å². The SMILES string of the molecule is CO[C@@H](C(=O)N[C@@H](C)C(=O)NCCOC1CCCCC1)[C@H](O)[C@@H](O)[C@H](O)C=CC(C)(C)C. The molecule has 1 aliphatic rings. The number of methoxy groups -OCH3 is 1. The van der Waals surface area contributed by atoms with Gasteiger partial charge in [-0.1, -0.05) is 52.2 Å². The molecule has 2 amide bonds. The van der Waals surface area contributed by atoms with Crippen LogP contribution in [0.5, 0.6) is 0 Å². The average Bonchev–Trinajstić information content (AvgIpc) is 2.74. The maximum Gasteiger partial charge on any atom is 0.252 e. The van der Waals surface area contributed by atoms with Gasteiger partial charge in [0.25, 0.3) is 5.91 Å². The lowest BCUT2D eigenvalue weighted by atomic mass is 9.94. The minimum absolute atomic E-state index is 0.228. The molecular weight excluding hydrogens is 416 g/mol. The van der Waals surface area contributed by atoms with Crippen LogP contribution in [-0.4, -0.2) is 84.0 Å². The van der Waals surface area contributed by atoms with Gasteiger partial charge in [-0.15, -0.1) is 0 Å². The molecule has 0 aromatic carbocycles. The lowest BCUT2D eigenvalue weighted by Crippen LogP contribution is -2.55. The highest BCUT2D eigenvalue weighted by atomic mass is 16.5. The van der Waals surface area contributed by atoms with Crippen molar-refractivity contribution in [3.8, 4) is 0 Å². The molecule has 0 heterocycles. The molecule has 0 radical (unpaired) electrons. The first kappa shape index (κ1) is 28.5. The molecule has 1 saturated carbocycles. The van der Waals surface area contributed by atoms with Gasteiger partial charge in [0.1, 0.15) is 24.4 Å². The second-order valence-electron chi connectivity index (χ2n) is 9.51. The smallest absolute Gasteiger partial charge is 0.252 e. The number of allylic oxidation sites excluding steroid dienone is 1. The molecule has 32 heavy (non-hydrogen) atoms. The summed E-state index contributed by atoms with van der Waals surface area (Å²) in [6.45, 7) is 7.99. The molecule has 5 atom stereocenters. The van der Waals surface area contributed by atoms with Crippen molar-refractivity contribution in [3.63, 3.8) is 0 Å². The van der Waals surface area contributed by atoms with E-state index in [0.717, 1.165) is 12.8 Å². The molecule has 1 fully saturated rings. The predicted octanol–water partition coefficient (Wildman–Crippen LogP) is 0.657. The third kappa shape index (κ3) is 10.4. The highest BCUT2D eigenvalue weighted by Gasteiger charge is 2.36. The van der Waals surface area contributed by atoms with E-state index >= 15 is 0 Å². The Morgan fingerprint density at radius 2 is 1.69 bits per heavy atom. The Hall–Kier alpha value is -1.52. The standard InChI is InChI=1S/C23H42N2O7/c1-15(21(29)24-13-14-32-16-9-7-6-8-10-16)25-22(30)20(31-5)19(28)18(27)17(26)11-12-23(2,3)4/h11-12,15-20,26-28H,6-10,13-14H2,1-5H3,(H,24,29)(H,25,30)/t15-,17+,18-,19+,20+/m0/s1. The first-order valence-corrected chi connectivity index (χ1v) is 11.4. The number of aliphatic hydroxyl groups excluding tert-OH is 3. The monoisotopic (exact) mass is 458 g/mol. The minimum atomic E-state index is -1.70. The summed E-state index contributed by atoms with van der Waals surface area (Å²) in [5, 5.41) is 35.8. The zero-order valence-corrected chi connectivity index (χ0v) is 20.0. The molecule has 5 N–H and O–H groups in total. The van der Waals surface area contributed by atoms with Crippen LogP contribution in [0, 0.1) is 5.41 Å². The van der Waals surface area contributed by atoms with Crippen LogP contribution in [0.4, 0.5) is 0 Å². The van der Waals surface area contributed by atoms with Gasteiger partial charge in [0.15, 0.2) is 6.10 Å². The van der Waals surface area contributed by atoms with Crippen molar-refractivity contribution in [2.45, 2.75) is 96.4 Å². The second-order valence-corrected chi connectivity index (χ2v) is 9.51. The van der Waals surface area contributed by atoms with Crippen molar-refractivity contribution in [3.05, 3.63) is 12.2 Å². The summed E-state index contributed by atoms with van der Waals surface area (Å²) in [6, 6.07) is -0.884. The van der Waals surface area contributed by atoms with Crippen molar-refractivity contribution in [2.24, 2.45) is 5.41 Å². The van der Waals surface area contributed by atoms with Crippen molar-refractivity contribution >= 4 is 11.8 Å². The predicted molar refractivity (Wildman–Crippen MR) is 121 cm³/mol. The van der Waals surface area contributed by atoms with E-state index in [1.54, 1.807) is 6.08 Å². The second kappa shape index (κ2) is 13.9. The Kier molecular flexibility index (Phi) is 12.4. The van der Waals surface area contributed by atoms with Gasteiger partial charge in [-0.2, -0.15) is 0 Å².